The number of pyridine rings is 1. The zero-order valence-electron chi connectivity index (χ0n) is 12.2. The predicted octanol–water partition coefficient (Wildman–Crippen LogP) is 4.59. The second-order valence-corrected chi connectivity index (χ2v) is 5.37. The van der Waals surface area contributed by atoms with E-state index in [9.17, 15) is 0 Å². The molecule has 0 atom stereocenters. The van der Waals surface area contributed by atoms with Crippen LogP contribution in [0.5, 0.6) is 0 Å². The highest BCUT2D eigenvalue weighted by atomic mass is 15.0. The number of imidazole rings is 1. The highest BCUT2D eigenvalue weighted by Gasteiger charge is 2.12. The van der Waals surface area contributed by atoms with Gasteiger partial charge in [-0.25, -0.2) is 4.98 Å². The average Bonchev–Trinajstić information content (AvgIpc) is 2.96. The first-order valence-corrected chi connectivity index (χ1v) is 7.47. The smallest absolute Gasteiger partial charge is 0.144 e. The summed E-state index contributed by atoms with van der Waals surface area (Å²) in [6.07, 6.45) is 2.93. The maximum absolute atomic E-state index is 4.92. The normalized spacial score (nSPS) is 10.9. The minimum absolute atomic E-state index is 0.848. The van der Waals surface area contributed by atoms with Gasteiger partial charge >= 0.3 is 0 Å². The summed E-state index contributed by atoms with van der Waals surface area (Å²) in [6.45, 7) is 0. The van der Waals surface area contributed by atoms with E-state index < -0.39 is 0 Å². The Morgan fingerprint density at radius 3 is 2.18 bits per heavy atom. The molecular formula is C20H16N2. The van der Waals surface area contributed by atoms with E-state index in [1.807, 2.05) is 18.2 Å². The van der Waals surface area contributed by atoms with E-state index in [-0.39, 0.29) is 0 Å². The van der Waals surface area contributed by atoms with E-state index in [4.69, 9.17) is 4.98 Å². The topological polar surface area (TPSA) is 17.3 Å². The third-order valence-electron chi connectivity index (χ3n) is 3.87. The van der Waals surface area contributed by atoms with Gasteiger partial charge in [0.25, 0.3) is 0 Å². The van der Waals surface area contributed by atoms with Crippen LogP contribution in [-0.2, 0) is 6.42 Å². The van der Waals surface area contributed by atoms with Crippen LogP contribution in [0.3, 0.4) is 0 Å². The summed E-state index contributed by atoms with van der Waals surface area (Å²) in [5, 5.41) is 0. The Morgan fingerprint density at radius 2 is 1.41 bits per heavy atom. The van der Waals surface area contributed by atoms with E-state index >= 15 is 0 Å². The molecule has 4 rings (SSSR count). The first-order chi connectivity index (χ1) is 10.9. The number of benzene rings is 2. The summed E-state index contributed by atoms with van der Waals surface area (Å²) in [7, 11) is 0. The first-order valence-electron chi connectivity index (χ1n) is 7.47. The Morgan fingerprint density at radius 1 is 0.727 bits per heavy atom. The molecule has 2 aromatic heterocycles. The minimum Gasteiger partial charge on any atom is -0.299 e. The van der Waals surface area contributed by atoms with Crippen molar-refractivity contribution >= 4 is 5.52 Å². The molecule has 0 aliphatic rings. The molecule has 0 aliphatic carbocycles. The summed E-state index contributed by atoms with van der Waals surface area (Å²) in [5.41, 5.74) is 4.71. The average molecular weight is 284 g/mol. The van der Waals surface area contributed by atoms with Crippen LogP contribution in [-0.4, -0.2) is 9.38 Å². The van der Waals surface area contributed by atoms with Gasteiger partial charge in [-0.2, -0.15) is 0 Å². The quantitative estimate of drug-likeness (QED) is 0.538. The van der Waals surface area contributed by atoms with Crippen LogP contribution in [0.25, 0.3) is 16.9 Å². The van der Waals surface area contributed by atoms with E-state index in [1.165, 1.54) is 11.1 Å². The minimum atomic E-state index is 0.848. The molecule has 0 saturated heterocycles. The third kappa shape index (κ3) is 2.29. The van der Waals surface area contributed by atoms with E-state index in [2.05, 4.69) is 71.3 Å². The van der Waals surface area contributed by atoms with Crippen molar-refractivity contribution in [2.24, 2.45) is 0 Å². The van der Waals surface area contributed by atoms with Crippen LogP contribution in [0.2, 0.25) is 0 Å². The van der Waals surface area contributed by atoms with Gasteiger partial charge in [0.05, 0.1) is 11.2 Å². The predicted molar refractivity (Wildman–Crippen MR) is 89.9 cm³/mol. The van der Waals surface area contributed by atoms with Crippen molar-refractivity contribution in [2.75, 3.05) is 0 Å². The van der Waals surface area contributed by atoms with Gasteiger partial charge in [-0.3, -0.25) is 4.40 Å². The molecule has 2 heteroatoms. The van der Waals surface area contributed by atoms with Gasteiger partial charge in [0.1, 0.15) is 5.82 Å². The fourth-order valence-corrected chi connectivity index (χ4v) is 2.81. The second kappa shape index (κ2) is 5.49. The lowest BCUT2D eigenvalue weighted by Crippen LogP contribution is -1.89. The van der Waals surface area contributed by atoms with E-state index in [0.29, 0.717) is 0 Å². The zero-order chi connectivity index (χ0) is 14.8. The molecule has 22 heavy (non-hydrogen) atoms. The summed E-state index contributed by atoms with van der Waals surface area (Å²) in [5.74, 6) is 1.00. The van der Waals surface area contributed by atoms with Crippen LogP contribution >= 0.6 is 0 Å². The van der Waals surface area contributed by atoms with E-state index in [1.54, 1.807) is 0 Å². The largest absolute Gasteiger partial charge is 0.299 e. The Hall–Kier alpha value is -2.87. The van der Waals surface area contributed by atoms with Gasteiger partial charge in [0, 0.05) is 18.2 Å². The molecule has 0 radical (unpaired) electrons. The molecule has 0 unspecified atom stereocenters. The fraction of sp³-hybridized carbons (Fsp3) is 0.0500. The summed E-state index contributed by atoms with van der Waals surface area (Å²) in [4.78, 5) is 4.92. The maximum Gasteiger partial charge on any atom is 0.144 e. The Kier molecular flexibility index (Phi) is 3.20. The van der Waals surface area contributed by atoms with Crippen molar-refractivity contribution in [3.8, 4) is 11.4 Å². The van der Waals surface area contributed by atoms with Crippen LogP contribution in [0.1, 0.15) is 11.3 Å². The van der Waals surface area contributed by atoms with Gasteiger partial charge in [-0.05, 0) is 17.7 Å². The summed E-state index contributed by atoms with van der Waals surface area (Å²) >= 11 is 0. The number of nitrogens with zero attached hydrogens (tertiary/aromatic N) is 2. The first kappa shape index (κ1) is 12.8. The van der Waals surface area contributed by atoms with Crippen LogP contribution in [0.4, 0.5) is 0 Å². The second-order valence-electron chi connectivity index (χ2n) is 5.37. The molecule has 2 aromatic carbocycles. The zero-order valence-corrected chi connectivity index (χ0v) is 12.2. The van der Waals surface area contributed by atoms with Gasteiger partial charge in [0.15, 0.2) is 0 Å². The molecule has 106 valence electrons. The van der Waals surface area contributed by atoms with Gasteiger partial charge < -0.3 is 0 Å². The summed E-state index contributed by atoms with van der Waals surface area (Å²) in [6, 6.07) is 27.1. The number of hydrogen-bond donors (Lipinski definition) is 0. The molecule has 0 N–H and O–H groups in total. The molecular weight excluding hydrogens is 268 g/mol. The van der Waals surface area contributed by atoms with Crippen molar-refractivity contribution in [3.63, 3.8) is 0 Å². The van der Waals surface area contributed by atoms with Gasteiger partial charge in [-0.1, -0.05) is 66.7 Å². The monoisotopic (exact) mass is 284 g/mol. The molecule has 0 bridgehead atoms. The number of hydrogen-bond acceptors (Lipinski definition) is 1. The molecule has 0 spiro atoms. The Bertz CT molecular complexity index is 893. The highest BCUT2D eigenvalue weighted by molar-refractivity contribution is 5.66. The van der Waals surface area contributed by atoms with Crippen molar-refractivity contribution < 1.29 is 0 Å². The molecule has 0 saturated carbocycles. The Labute approximate surface area is 129 Å². The molecule has 4 aromatic rings. The molecule has 2 heterocycles. The van der Waals surface area contributed by atoms with Gasteiger partial charge in [0.2, 0.25) is 0 Å². The molecule has 0 fully saturated rings. The van der Waals surface area contributed by atoms with Crippen LogP contribution in [0, 0.1) is 0 Å². The number of fused-ring (bicyclic) bond motifs is 1. The van der Waals surface area contributed by atoms with Crippen molar-refractivity contribution in [3.05, 3.63) is 96.3 Å². The standard InChI is InChI=1S/C20H16N2/c1-3-9-16(10-4-1)15-18-19-13-7-8-14-22(19)20(21-18)17-11-5-2-6-12-17/h1-14H,15H2. The molecule has 0 amide bonds. The lowest BCUT2D eigenvalue weighted by atomic mass is 10.1. The fourth-order valence-electron chi connectivity index (χ4n) is 2.81. The third-order valence-corrected chi connectivity index (χ3v) is 3.87. The van der Waals surface area contributed by atoms with Crippen molar-refractivity contribution in [1.29, 1.82) is 0 Å². The van der Waals surface area contributed by atoms with Crippen molar-refractivity contribution in [1.82, 2.24) is 9.38 Å². The highest BCUT2D eigenvalue weighted by Crippen LogP contribution is 2.24. The van der Waals surface area contributed by atoms with Crippen molar-refractivity contribution in [2.45, 2.75) is 6.42 Å². The van der Waals surface area contributed by atoms with E-state index in [0.717, 1.165) is 23.5 Å². The van der Waals surface area contributed by atoms with Gasteiger partial charge in [-0.15, -0.1) is 0 Å². The maximum atomic E-state index is 4.92. The SMILES string of the molecule is c1ccc(Cc2nc(-c3ccccc3)n3ccccc23)cc1. The number of aromatic nitrogens is 2. The molecule has 2 nitrogen and oxygen atoms in total. The Balaban J connectivity index is 1.86. The lowest BCUT2D eigenvalue weighted by molar-refractivity contribution is 1.12. The lowest BCUT2D eigenvalue weighted by Gasteiger charge is -2.00. The molecule has 0 aliphatic heterocycles. The number of rotatable bonds is 3. The summed E-state index contributed by atoms with van der Waals surface area (Å²) < 4.78 is 2.17. The van der Waals surface area contributed by atoms with Crippen LogP contribution < -0.4 is 0 Å². The van der Waals surface area contributed by atoms with Crippen LogP contribution in [0.15, 0.2) is 85.1 Å².